The Morgan fingerprint density at radius 2 is 1.81 bits per heavy atom. The summed E-state index contributed by atoms with van der Waals surface area (Å²) >= 11 is 0. The zero-order valence-electron chi connectivity index (χ0n) is 14.6. The lowest BCUT2D eigenvalue weighted by atomic mass is 9.78. The Kier molecular flexibility index (Phi) is 7.71. The molecule has 1 aromatic heterocycles. The van der Waals surface area contributed by atoms with E-state index in [9.17, 15) is 13.2 Å². The van der Waals surface area contributed by atoms with Gasteiger partial charge < -0.3 is 16.4 Å². The number of nitrogens with zero attached hydrogens (tertiary/aromatic N) is 3. The SMILES string of the molecule is CN(Cc1cccc(C(F)(F)F)c1)c1cc(C2CC(N)C2)nc(N)n1.Cl.Cl. The van der Waals surface area contributed by atoms with E-state index in [1.165, 1.54) is 6.07 Å². The first kappa shape index (κ1) is 23.3. The highest BCUT2D eigenvalue weighted by Gasteiger charge is 2.31. The van der Waals surface area contributed by atoms with Gasteiger partial charge in [-0.25, -0.2) is 4.98 Å². The van der Waals surface area contributed by atoms with Gasteiger partial charge in [-0.15, -0.1) is 24.8 Å². The van der Waals surface area contributed by atoms with E-state index in [0.29, 0.717) is 11.4 Å². The van der Waals surface area contributed by atoms with Crippen LogP contribution in [0.25, 0.3) is 0 Å². The van der Waals surface area contributed by atoms with Crippen LogP contribution < -0.4 is 16.4 Å². The van der Waals surface area contributed by atoms with E-state index < -0.39 is 11.7 Å². The average molecular weight is 424 g/mol. The molecule has 1 aliphatic carbocycles. The molecule has 0 saturated heterocycles. The molecular formula is C17H22Cl2F3N5. The van der Waals surface area contributed by atoms with Crippen molar-refractivity contribution in [1.82, 2.24) is 9.97 Å². The van der Waals surface area contributed by atoms with Gasteiger partial charge in [-0.3, -0.25) is 0 Å². The van der Waals surface area contributed by atoms with E-state index in [1.807, 2.05) is 6.07 Å². The zero-order valence-corrected chi connectivity index (χ0v) is 16.2. The van der Waals surface area contributed by atoms with Crippen molar-refractivity contribution in [3.05, 3.63) is 47.2 Å². The van der Waals surface area contributed by atoms with Gasteiger partial charge in [0.05, 0.1) is 11.3 Å². The van der Waals surface area contributed by atoms with Crippen molar-refractivity contribution in [3.8, 4) is 0 Å². The maximum absolute atomic E-state index is 12.8. The Labute approximate surface area is 168 Å². The van der Waals surface area contributed by atoms with Gasteiger partial charge in [-0.1, -0.05) is 12.1 Å². The van der Waals surface area contributed by atoms with Crippen LogP contribution in [0.5, 0.6) is 0 Å². The molecule has 1 aromatic carbocycles. The van der Waals surface area contributed by atoms with Gasteiger partial charge in [0.1, 0.15) is 5.82 Å². The van der Waals surface area contributed by atoms with E-state index in [1.54, 1.807) is 18.0 Å². The van der Waals surface area contributed by atoms with E-state index in [-0.39, 0.29) is 49.3 Å². The molecule has 1 aliphatic rings. The lowest BCUT2D eigenvalue weighted by molar-refractivity contribution is -0.137. The quantitative estimate of drug-likeness (QED) is 0.781. The number of anilines is 2. The molecule has 0 aliphatic heterocycles. The third-order valence-corrected chi connectivity index (χ3v) is 4.41. The fraction of sp³-hybridized carbons (Fsp3) is 0.412. The Hall–Kier alpha value is -1.77. The van der Waals surface area contributed by atoms with E-state index >= 15 is 0 Å². The summed E-state index contributed by atoms with van der Waals surface area (Å²) in [5, 5.41) is 0. The molecular weight excluding hydrogens is 402 g/mol. The van der Waals surface area contributed by atoms with Crippen LogP contribution in [0.3, 0.4) is 0 Å². The summed E-state index contributed by atoms with van der Waals surface area (Å²) in [4.78, 5) is 10.2. The lowest BCUT2D eigenvalue weighted by Crippen LogP contribution is -2.35. The van der Waals surface area contributed by atoms with E-state index in [2.05, 4.69) is 9.97 Å². The highest BCUT2D eigenvalue weighted by molar-refractivity contribution is 5.85. The largest absolute Gasteiger partial charge is 0.416 e. The minimum Gasteiger partial charge on any atom is -0.368 e. The Morgan fingerprint density at radius 1 is 1.15 bits per heavy atom. The molecule has 2 aromatic rings. The molecule has 1 heterocycles. The second kappa shape index (κ2) is 8.95. The number of rotatable bonds is 4. The second-order valence-corrected chi connectivity index (χ2v) is 6.49. The van der Waals surface area contributed by atoms with Crippen LogP contribution in [-0.4, -0.2) is 23.1 Å². The third kappa shape index (κ3) is 5.60. The maximum atomic E-state index is 12.8. The molecule has 1 saturated carbocycles. The molecule has 1 fully saturated rings. The van der Waals surface area contributed by atoms with Crippen LogP contribution in [-0.2, 0) is 12.7 Å². The summed E-state index contributed by atoms with van der Waals surface area (Å²) in [6.07, 6.45) is -2.65. The van der Waals surface area contributed by atoms with Crippen LogP contribution >= 0.6 is 24.8 Å². The monoisotopic (exact) mass is 423 g/mol. The molecule has 3 rings (SSSR count). The van der Waals surface area contributed by atoms with Crippen molar-refractivity contribution in [2.45, 2.75) is 37.5 Å². The summed E-state index contributed by atoms with van der Waals surface area (Å²) in [5.74, 6) is 1.00. The predicted molar refractivity (Wildman–Crippen MR) is 104 cm³/mol. The molecule has 0 bridgehead atoms. The van der Waals surface area contributed by atoms with E-state index in [0.717, 1.165) is 30.7 Å². The molecule has 27 heavy (non-hydrogen) atoms. The Morgan fingerprint density at radius 3 is 2.41 bits per heavy atom. The number of hydrogen-bond acceptors (Lipinski definition) is 5. The predicted octanol–water partition coefficient (Wildman–Crippen LogP) is 3.76. The summed E-state index contributed by atoms with van der Waals surface area (Å²) in [7, 11) is 1.76. The molecule has 0 atom stereocenters. The fourth-order valence-corrected chi connectivity index (χ4v) is 2.98. The number of nitrogen functional groups attached to an aromatic ring is 1. The number of benzene rings is 1. The Bertz CT molecular complexity index is 766. The van der Waals surface area contributed by atoms with Crippen LogP contribution in [0, 0.1) is 0 Å². The fourth-order valence-electron chi connectivity index (χ4n) is 2.98. The summed E-state index contributed by atoms with van der Waals surface area (Å²) in [6.45, 7) is 0.282. The van der Waals surface area contributed by atoms with Crippen LogP contribution in [0.1, 0.15) is 35.6 Å². The molecule has 0 radical (unpaired) electrons. The normalized spacial score (nSPS) is 18.7. The van der Waals surface area contributed by atoms with Gasteiger partial charge in [0, 0.05) is 31.6 Å². The molecule has 0 unspecified atom stereocenters. The lowest BCUT2D eigenvalue weighted by Gasteiger charge is -2.32. The van der Waals surface area contributed by atoms with Crippen molar-refractivity contribution >= 4 is 36.6 Å². The van der Waals surface area contributed by atoms with Crippen LogP contribution in [0.4, 0.5) is 24.9 Å². The van der Waals surface area contributed by atoms with Gasteiger partial charge in [0.15, 0.2) is 0 Å². The van der Waals surface area contributed by atoms with Gasteiger partial charge in [-0.05, 0) is 30.5 Å². The van der Waals surface area contributed by atoms with Crippen molar-refractivity contribution in [2.75, 3.05) is 17.7 Å². The molecule has 10 heteroatoms. The maximum Gasteiger partial charge on any atom is 0.416 e. The number of halogens is 5. The highest BCUT2D eigenvalue weighted by Crippen LogP contribution is 2.36. The topological polar surface area (TPSA) is 81.1 Å². The number of hydrogen-bond donors (Lipinski definition) is 2. The minimum atomic E-state index is -4.36. The van der Waals surface area contributed by atoms with Crippen molar-refractivity contribution in [2.24, 2.45) is 5.73 Å². The number of aromatic nitrogens is 2. The summed E-state index contributed by atoms with van der Waals surface area (Å²) in [6, 6.07) is 7.29. The number of alkyl halides is 3. The van der Waals surface area contributed by atoms with Crippen molar-refractivity contribution in [3.63, 3.8) is 0 Å². The standard InChI is InChI=1S/C17H20F3N5.2ClH/c1-25(9-10-3-2-4-12(5-10)17(18,19)20)15-8-14(23-16(22)24-15)11-6-13(21)7-11;;/h2-5,8,11,13H,6-7,9,21H2,1H3,(H2,22,23,24);2*1H. The smallest absolute Gasteiger partial charge is 0.368 e. The first-order valence-corrected chi connectivity index (χ1v) is 7.99. The van der Waals surface area contributed by atoms with Crippen LogP contribution in [0.15, 0.2) is 30.3 Å². The molecule has 0 amide bonds. The van der Waals surface area contributed by atoms with Gasteiger partial charge >= 0.3 is 6.18 Å². The van der Waals surface area contributed by atoms with Gasteiger partial charge in [-0.2, -0.15) is 18.2 Å². The van der Waals surface area contributed by atoms with Gasteiger partial charge in [0.25, 0.3) is 0 Å². The first-order chi connectivity index (χ1) is 11.7. The van der Waals surface area contributed by atoms with E-state index in [4.69, 9.17) is 11.5 Å². The third-order valence-electron chi connectivity index (χ3n) is 4.41. The zero-order chi connectivity index (χ0) is 18.2. The minimum absolute atomic E-state index is 0. The summed E-state index contributed by atoms with van der Waals surface area (Å²) < 4.78 is 38.5. The number of nitrogens with two attached hydrogens (primary N) is 2. The second-order valence-electron chi connectivity index (χ2n) is 6.49. The molecule has 150 valence electrons. The van der Waals surface area contributed by atoms with Gasteiger partial charge in [0.2, 0.25) is 5.95 Å². The highest BCUT2D eigenvalue weighted by atomic mass is 35.5. The average Bonchev–Trinajstić information content (AvgIpc) is 2.50. The van der Waals surface area contributed by atoms with Crippen molar-refractivity contribution < 1.29 is 13.2 Å². The summed E-state index contributed by atoms with van der Waals surface area (Å²) in [5.41, 5.74) is 12.3. The van der Waals surface area contributed by atoms with Crippen molar-refractivity contribution in [1.29, 1.82) is 0 Å². The Balaban J connectivity index is 0.00000182. The van der Waals surface area contributed by atoms with Crippen LogP contribution in [0.2, 0.25) is 0 Å². The first-order valence-electron chi connectivity index (χ1n) is 7.99. The molecule has 5 nitrogen and oxygen atoms in total. The molecule has 4 N–H and O–H groups in total. The molecule has 0 spiro atoms.